The Bertz CT molecular complexity index is 1320. The zero-order valence-electron chi connectivity index (χ0n) is 17.7. The smallest absolute Gasteiger partial charge is 0.416 e. The number of methoxy groups -OCH3 is 1. The van der Waals surface area contributed by atoms with Gasteiger partial charge in [-0.2, -0.15) is 13.2 Å². The molecule has 8 nitrogen and oxygen atoms in total. The van der Waals surface area contributed by atoms with Gasteiger partial charge in [-0.3, -0.25) is 15.1 Å². The molecular weight excluding hydrogens is 469 g/mol. The number of nitrogens with two attached hydrogens (primary N) is 1. The minimum absolute atomic E-state index is 0.0257. The highest BCUT2D eigenvalue weighted by atomic mass is 32.1. The van der Waals surface area contributed by atoms with E-state index in [1.54, 1.807) is 0 Å². The number of benzene rings is 1. The van der Waals surface area contributed by atoms with Crippen molar-refractivity contribution in [3.8, 4) is 28.7 Å². The summed E-state index contributed by atoms with van der Waals surface area (Å²) in [7, 11) is 1.32. The molecule has 1 aliphatic carbocycles. The van der Waals surface area contributed by atoms with Crippen LogP contribution in [0.2, 0.25) is 0 Å². The van der Waals surface area contributed by atoms with Crippen molar-refractivity contribution in [1.29, 1.82) is 0 Å². The zero-order chi connectivity index (χ0) is 24.3. The second kappa shape index (κ2) is 9.48. The van der Waals surface area contributed by atoms with E-state index in [9.17, 15) is 18.0 Å². The third kappa shape index (κ3) is 5.32. The molecule has 1 fully saturated rings. The molecule has 1 aliphatic rings. The molecule has 4 rings (SSSR count). The number of aromatic nitrogens is 3. The molecule has 0 aliphatic heterocycles. The Morgan fingerprint density at radius 1 is 1.29 bits per heavy atom. The number of nitrogens with one attached hydrogen (secondary N) is 2. The molecule has 0 radical (unpaired) electrons. The summed E-state index contributed by atoms with van der Waals surface area (Å²) in [5.41, 5.74) is 4.68. The van der Waals surface area contributed by atoms with E-state index in [2.05, 4.69) is 37.3 Å². The molecule has 0 atom stereocenters. The van der Waals surface area contributed by atoms with Crippen LogP contribution >= 0.6 is 11.3 Å². The number of hydrogen-bond donors (Lipinski definition) is 3. The van der Waals surface area contributed by atoms with Crippen molar-refractivity contribution >= 4 is 34.5 Å². The van der Waals surface area contributed by atoms with Crippen molar-refractivity contribution in [1.82, 2.24) is 15.2 Å². The topological polar surface area (TPSA) is 117 Å². The molecule has 12 heteroatoms. The highest BCUT2D eigenvalue weighted by Crippen LogP contribution is 2.38. The number of halogens is 3. The lowest BCUT2D eigenvalue weighted by atomic mass is 9.98. The molecule has 0 unspecified atom stereocenters. The molecule has 0 spiro atoms. The minimum Gasteiger partial charge on any atom is -0.496 e. The van der Waals surface area contributed by atoms with E-state index >= 15 is 0 Å². The van der Waals surface area contributed by atoms with E-state index in [-0.39, 0.29) is 33.4 Å². The van der Waals surface area contributed by atoms with Gasteiger partial charge < -0.3 is 10.5 Å². The fraction of sp³-hybridized carbons (Fsp3) is 0.227. The Balaban J connectivity index is 1.73. The van der Waals surface area contributed by atoms with Crippen LogP contribution in [0.5, 0.6) is 5.75 Å². The van der Waals surface area contributed by atoms with E-state index in [0.29, 0.717) is 10.9 Å². The van der Waals surface area contributed by atoms with Crippen molar-refractivity contribution in [2.75, 3.05) is 12.4 Å². The number of rotatable bonds is 5. The maximum absolute atomic E-state index is 13.4. The van der Waals surface area contributed by atoms with Gasteiger partial charge in [-0.15, -0.1) is 15.2 Å². The van der Waals surface area contributed by atoms with Gasteiger partial charge in [-0.05, 0) is 37.0 Å². The third-order valence-electron chi connectivity index (χ3n) is 4.80. The first kappa shape index (κ1) is 23.2. The van der Waals surface area contributed by atoms with Crippen molar-refractivity contribution < 1.29 is 27.7 Å². The van der Waals surface area contributed by atoms with Crippen molar-refractivity contribution in [3.05, 3.63) is 46.6 Å². The highest BCUT2D eigenvalue weighted by molar-refractivity contribution is 7.15. The quantitative estimate of drug-likeness (QED) is 0.289. The Hall–Kier alpha value is -3.98. The largest absolute Gasteiger partial charge is 0.496 e. The number of anilines is 1. The summed E-state index contributed by atoms with van der Waals surface area (Å²) in [6.07, 6.45) is -0.0710. The van der Waals surface area contributed by atoms with Crippen molar-refractivity contribution in [2.24, 2.45) is 11.7 Å². The van der Waals surface area contributed by atoms with Gasteiger partial charge in [0, 0.05) is 23.1 Å². The standard InChI is InChI=1S/C22H17F3N6O2S/c1-33-17-6-5-13(22(23,24)25)8-14(17)16-10-27-18(28-11-26)9-15(16)20(32)29-21-31-30-19(34-21)7-4-12-2-3-12/h5-6,8-12H,2-3H2,1H3,(H2,26,27,28)(H,29,31,32)/p+1. The number of pyridine rings is 1. The SMILES string of the molecule is COc1ccc(C(F)(F)F)cc1-c1cnc([NH+]=CN)cc1C(=O)Nc1nnc(C#CC2CC2)s1. The maximum Gasteiger partial charge on any atom is 0.416 e. The van der Waals surface area contributed by atoms with Crippen LogP contribution in [0, 0.1) is 17.8 Å². The number of ether oxygens (including phenoxy) is 1. The Morgan fingerprint density at radius 2 is 2.09 bits per heavy atom. The van der Waals surface area contributed by atoms with Gasteiger partial charge in [0.05, 0.1) is 18.2 Å². The molecular formula is C22H18F3N6O2S+. The molecule has 2 aromatic heterocycles. The number of carbonyl (C=O) groups excluding carboxylic acids is 1. The number of amides is 1. The Morgan fingerprint density at radius 3 is 2.76 bits per heavy atom. The molecule has 2 heterocycles. The van der Waals surface area contributed by atoms with E-state index < -0.39 is 17.6 Å². The lowest BCUT2D eigenvalue weighted by molar-refractivity contribution is -0.353. The van der Waals surface area contributed by atoms with Crippen LogP contribution in [0.3, 0.4) is 0 Å². The van der Waals surface area contributed by atoms with Crippen LogP contribution in [0.1, 0.15) is 33.8 Å². The predicted molar refractivity (Wildman–Crippen MR) is 120 cm³/mol. The van der Waals surface area contributed by atoms with Crippen LogP contribution in [0.15, 0.2) is 30.5 Å². The number of alkyl halides is 3. The first-order valence-corrected chi connectivity index (χ1v) is 10.8. The van der Waals surface area contributed by atoms with Gasteiger partial charge in [0.25, 0.3) is 11.7 Å². The van der Waals surface area contributed by atoms with E-state index in [0.717, 1.165) is 42.6 Å². The lowest BCUT2D eigenvalue weighted by Gasteiger charge is -2.14. The summed E-state index contributed by atoms with van der Waals surface area (Å²) < 4.78 is 45.3. The molecule has 0 bridgehead atoms. The second-order valence-electron chi connectivity index (χ2n) is 7.25. The first-order valence-electron chi connectivity index (χ1n) is 10.0. The summed E-state index contributed by atoms with van der Waals surface area (Å²) in [5, 5.41) is 11.1. The zero-order valence-corrected chi connectivity index (χ0v) is 18.5. The van der Waals surface area contributed by atoms with E-state index in [1.165, 1.54) is 25.4 Å². The van der Waals surface area contributed by atoms with Gasteiger partial charge in [-0.25, -0.2) is 0 Å². The number of nitrogens with zero attached hydrogens (tertiary/aromatic N) is 3. The Kier molecular flexibility index (Phi) is 6.47. The molecule has 1 aromatic carbocycles. The third-order valence-corrected chi connectivity index (χ3v) is 5.56. The van der Waals surface area contributed by atoms with E-state index in [4.69, 9.17) is 10.5 Å². The average molecular weight is 487 g/mol. The number of hydrogen-bond acceptors (Lipinski definition) is 6. The van der Waals surface area contributed by atoms with Crippen LogP contribution < -0.4 is 20.8 Å². The summed E-state index contributed by atoms with van der Waals surface area (Å²) >= 11 is 1.10. The number of carbonyl (C=O) groups is 1. The monoisotopic (exact) mass is 487 g/mol. The van der Waals surface area contributed by atoms with Gasteiger partial charge in [0.1, 0.15) is 11.9 Å². The van der Waals surface area contributed by atoms with E-state index in [1.807, 2.05) is 0 Å². The summed E-state index contributed by atoms with van der Waals surface area (Å²) in [6.45, 7) is 0. The summed E-state index contributed by atoms with van der Waals surface area (Å²) in [6, 6.07) is 4.36. The molecule has 34 heavy (non-hydrogen) atoms. The predicted octanol–water partition coefficient (Wildman–Crippen LogP) is 2.34. The van der Waals surface area contributed by atoms with Gasteiger partial charge in [0.15, 0.2) is 11.3 Å². The van der Waals surface area contributed by atoms with Crippen molar-refractivity contribution in [2.45, 2.75) is 19.0 Å². The van der Waals surface area contributed by atoms with Crippen LogP contribution in [0.4, 0.5) is 24.1 Å². The molecule has 174 valence electrons. The molecule has 4 N–H and O–H groups in total. The van der Waals surface area contributed by atoms with Gasteiger partial charge >= 0.3 is 6.18 Å². The normalized spacial score (nSPS) is 13.4. The highest BCUT2D eigenvalue weighted by Gasteiger charge is 2.32. The lowest BCUT2D eigenvalue weighted by Crippen LogP contribution is -2.64. The molecule has 1 amide bonds. The molecule has 3 aromatic rings. The van der Waals surface area contributed by atoms with Crippen molar-refractivity contribution in [3.63, 3.8) is 0 Å². The minimum atomic E-state index is -4.59. The fourth-order valence-corrected chi connectivity index (χ4v) is 3.60. The van der Waals surface area contributed by atoms with Gasteiger partial charge in [0.2, 0.25) is 5.13 Å². The van der Waals surface area contributed by atoms with Crippen LogP contribution in [-0.2, 0) is 6.18 Å². The summed E-state index contributed by atoms with van der Waals surface area (Å²) in [4.78, 5) is 19.9. The van der Waals surface area contributed by atoms with Gasteiger partial charge in [-0.1, -0.05) is 17.3 Å². The second-order valence-corrected chi connectivity index (χ2v) is 8.23. The Labute approximate surface area is 196 Å². The average Bonchev–Trinajstić information content (AvgIpc) is 3.54. The van der Waals surface area contributed by atoms with Crippen LogP contribution in [0.25, 0.3) is 11.1 Å². The molecule has 0 saturated heterocycles. The fourth-order valence-electron chi connectivity index (χ4n) is 3.00. The molecule has 1 saturated carbocycles. The first-order chi connectivity index (χ1) is 16.3. The van der Waals surface area contributed by atoms with Crippen LogP contribution in [-0.4, -0.2) is 34.5 Å². The summed E-state index contributed by atoms with van der Waals surface area (Å²) in [5.74, 6) is 6.10. The maximum atomic E-state index is 13.4.